The van der Waals surface area contributed by atoms with Crippen LogP contribution >= 0.6 is 0 Å². The summed E-state index contributed by atoms with van der Waals surface area (Å²) >= 11 is 0. The molecule has 0 atom stereocenters. The lowest BCUT2D eigenvalue weighted by Crippen LogP contribution is -2.05. The van der Waals surface area contributed by atoms with Crippen molar-refractivity contribution in [3.05, 3.63) is 53.0 Å². The van der Waals surface area contributed by atoms with Crippen molar-refractivity contribution in [1.82, 2.24) is 9.97 Å². The van der Waals surface area contributed by atoms with Gasteiger partial charge in [-0.2, -0.15) is 0 Å². The van der Waals surface area contributed by atoms with Crippen LogP contribution in [0.2, 0.25) is 0 Å². The molecule has 3 heteroatoms. The van der Waals surface area contributed by atoms with Crippen molar-refractivity contribution in [2.24, 2.45) is 0 Å². The molecular formula is C16H21N3. The molecule has 0 saturated heterocycles. The Morgan fingerprint density at radius 1 is 1.16 bits per heavy atom. The number of anilines is 1. The van der Waals surface area contributed by atoms with Crippen molar-refractivity contribution in [2.45, 2.75) is 33.1 Å². The van der Waals surface area contributed by atoms with Gasteiger partial charge in [0.2, 0.25) is 0 Å². The maximum atomic E-state index is 4.66. The van der Waals surface area contributed by atoms with Gasteiger partial charge in [0, 0.05) is 25.2 Å². The molecule has 19 heavy (non-hydrogen) atoms. The van der Waals surface area contributed by atoms with Crippen LogP contribution in [0.4, 0.5) is 5.82 Å². The van der Waals surface area contributed by atoms with E-state index in [-0.39, 0.29) is 0 Å². The molecule has 1 aromatic carbocycles. The Kier molecular flexibility index (Phi) is 4.50. The number of nitrogens with one attached hydrogen (secondary N) is 1. The molecule has 0 unspecified atom stereocenters. The molecule has 0 amide bonds. The summed E-state index contributed by atoms with van der Waals surface area (Å²) in [5.41, 5.74) is 3.70. The van der Waals surface area contributed by atoms with Gasteiger partial charge in [-0.05, 0) is 24.5 Å². The van der Waals surface area contributed by atoms with Crippen LogP contribution in [0.1, 0.15) is 36.0 Å². The van der Waals surface area contributed by atoms with Crippen LogP contribution in [0.5, 0.6) is 0 Å². The summed E-state index contributed by atoms with van der Waals surface area (Å²) in [7, 11) is 1.90. The summed E-state index contributed by atoms with van der Waals surface area (Å²) in [6.45, 7) is 4.30. The third kappa shape index (κ3) is 3.53. The summed E-state index contributed by atoms with van der Waals surface area (Å²) in [4.78, 5) is 9.20. The number of hydrogen-bond donors (Lipinski definition) is 1. The predicted octanol–water partition coefficient (Wildman–Crippen LogP) is 3.37. The number of aryl methyl sites for hydroxylation is 2. The van der Waals surface area contributed by atoms with E-state index in [0.29, 0.717) is 0 Å². The van der Waals surface area contributed by atoms with E-state index in [1.807, 2.05) is 13.1 Å². The van der Waals surface area contributed by atoms with E-state index in [0.717, 1.165) is 36.6 Å². The van der Waals surface area contributed by atoms with E-state index in [2.05, 4.69) is 53.4 Å². The second kappa shape index (κ2) is 6.32. The molecule has 2 rings (SSSR count). The summed E-state index contributed by atoms with van der Waals surface area (Å²) in [6, 6.07) is 10.4. The highest BCUT2D eigenvalue weighted by Gasteiger charge is 2.06. The third-order valence-corrected chi connectivity index (χ3v) is 3.20. The highest BCUT2D eigenvalue weighted by atomic mass is 15.0. The Morgan fingerprint density at radius 3 is 2.63 bits per heavy atom. The van der Waals surface area contributed by atoms with Crippen molar-refractivity contribution in [1.29, 1.82) is 0 Å². The minimum absolute atomic E-state index is 0.791. The average Bonchev–Trinajstić information content (AvgIpc) is 2.41. The SMILES string of the molecule is CCCc1cc(NC)nc(Cc2ccccc2C)n1. The smallest absolute Gasteiger partial charge is 0.135 e. The van der Waals surface area contributed by atoms with Crippen molar-refractivity contribution >= 4 is 5.82 Å². The summed E-state index contributed by atoms with van der Waals surface area (Å²) in [5, 5.41) is 3.12. The Balaban J connectivity index is 2.29. The van der Waals surface area contributed by atoms with Crippen LogP contribution in [0.25, 0.3) is 0 Å². The number of aromatic nitrogens is 2. The first-order valence-electron chi connectivity index (χ1n) is 6.82. The van der Waals surface area contributed by atoms with Crippen LogP contribution in [0.3, 0.4) is 0 Å². The van der Waals surface area contributed by atoms with Crippen LogP contribution in [0.15, 0.2) is 30.3 Å². The van der Waals surface area contributed by atoms with Crippen molar-refractivity contribution in [2.75, 3.05) is 12.4 Å². The van der Waals surface area contributed by atoms with Gasteiger partial charge in [-0.15, -0.1) is 0 Å². The zero-order chi connectivity index (χ0) is 13.7. The third-order valence-electron chi connectivity index (χ3n) is 3.20. The Morgan fingerprint density at radius 2 is 1.95 bits per heavy atom. The fraction of sp³-hybridized carbons (Fsp3) is 0.375. The van der Waals surface area contributed by atoms with Gasteiger partial charge in [-0.1, -0.05) is 37.6 Å². The lowest BCUT2D eigenvalue weighted by molar-refractivity contribution is 0.842. The van der Waals surface area contributed by atoms with E-state index in [4.69, 9.17) is 0 Å². The van der Waals surface area contributed by atoms with Gasteiger partial charge in [0.25, 0.3) is 0 Å². The average molecular weight is 255 g/mol. The first-order valence-corrected chi connectivity index (χ1v) is 6.82. The maximum Gasteiger partial charge on any atom is 0.135 e. The molecule has 2 aromatic rings. The summed E-state index contributed by atoms with van der Waals surface area (Å²) in [6.07, 6.45) is 2.89. The van der Waals surface area contributed by atoms with E-state index in [1.54, 1.807) is 0 Å². The first kappa shape index (κ1) is 13.5. The van der Waals surface area contributed by atoms with Crippen LogP contribution in [0, 0.1) is 6.92 Å². The molecular weight excluding hydrogens is 234 g/mol. The Labute approximate surface area is 115 Å². The number of nitrogens with zero attached hydrogens (tertiary/aromatic N) is 2. The molecule has 0 fully saturated rings. The minimum Gasteiger partial charge on any atom is -0.373 e. The fourth-order valence-corrected chi connectivity index (χ4v) is 2.12. The van der Waals surface area contributed by atoms with Crippen molar-refractivity contribution in [3.8, 4) is 0 Å². The fourth-order valence-electron chi connectivity index (χ4n) is 2.12. The number of hydrogen-bond acceptors (Lipinski definition) is 3. The highest BCUT2D eigenvalue weighted by Crippen LogP contribution is 2.14. The summed E-state index contributed by atoms with van der Waals surface area (Å²) in [5.74, 6) is 1.80. The predicted molar refractivity (Wildman–Crippen MR) is 79.6 cm³/mol. The van der Waals surface area contributed by atoms with Crippen LogP contribution in [-0.4, -0.2) is 17.0 Å². The van der Waals surface area contributed by atoms with Crippen molar-refractivity contribution < 1.29 is 0 Å². The number of rotatable bonds is 5. The molecule has 0 bridgehead atoms. The molecule has 3 nitrogen and oxygen atoms in total. The quantitative estimate of drug-likeness (QED) is 0.890. The lowest BCUT2D eigenvalue weighted by atomic mass is 10.1. The molecule has 0 aliphatic heterocycles. The zero-order valence-electron chi connectivity index (χ0n) is 11.9. The molecule has 0 spiro atoms. The first-order chi connectivity index (χ1) is 9.22. The molecule has 1 N–H and O–H groups in total. The monoisotopic (exact) mass is 255 g/mol. The second-order valence-corrected chi connectivity index (χ2v) is 4.76. The van der Waals surface area contributed by atoms with Gasteiger partial charge in [-0.3, -0.25) is 0 Å². The van der Waals surface area contributed by atoms with E-state index in [1.165, 1.54) is 11.1 Å². The maximum absolute atomic E-state index is 4.66. The molecule has 100 valence electrons. The highest BCUT2D eigenvalue weighted by molar-refractivity contribution is 5.37. The standard InChI is InChI=1S/C16H21N3/c1-4-7-14-11-15(17-3)19-16(18-14)10-13-9-6-5-8-12(13)2/h5-6,8-9,11H,4,7,10H2,1-3H3,(H,17,18,19). The topological polar surface area (TPSA) is 37.8 Å². The minimum atomic E-state index is 0.791. The largest absolute Gasteiger partial charge is 0.373 e. The van der Waals surface area contributed by atoms with Crippen molar-refractivity contribution in [3.63, 3.8) is 0 Å². The lowest BCUT2D eigenvalue weighted by Gasteiger charge is -2.09. The Bertz CT molecular complexity index is 549. The van der Waals surface area contributed by atoms with E-state index < -0.39 is 0 Å². The van der Waals surface area contributed by atoms with E-state index >= 15 is 0 Å². The second-order valence-electron chi connectivity index (χ2n) is 4.76. The molecule has 1 aromatic heterocycles. The van der Waals surface area contributed by atoms with Crippen LogP contribution in [-0.2, 0) is 12.8 Å². The normalized spacial score (nSPS) is 10.5. The van der Waals surface area contributed by atoms with Gasteiger partial charge in [0.05, 0.1) is 0 Å². The molecule has 1 heterocycles. The van der Waals surface area contributed by atoms with Crippen LogP contribution < -0.4 is 5.32 Å². The zero-order valence-corrected chi connectivity index (χ0v) is 11.9. The molecule has 0 aliphatic rings. The van der Waals surface area contributed by atoms with Gasteiger partial charge < -0.3 is 5.32 Å². The van der Waals surface area contributed by atoms with Gasteiger partial charge in [0.15, 0.2) is 0 Å². The number of benzene rings is 1. The van der Waals surface area contributed by atoms with Gasteiger partial charge in [-0.25, -0.2) is 9.97 Å². The molecule has 0 aliphatic carbocycles. The summed E-state index contributed by atoms with van der Waals surface area (Å²) < 4.78 is 0. The van der Waals surface area contributed by atoms with Gasteiger partial charge >= 0.3 is 0 Å². The van der Waals surface area contributed by atoms with E-state index in [9.17, 15) is 0 Å². The molecule has 0 saturated carbocycles. The van der Waals surface area contributed by atoms with Gasteiger partial charge in [0.1, 0.15) is 11.6 Å². The molecule has 0 radical (unpaired) electrons. The Hall–Kier alpha value is -1.90.